The third-order valence-electron chi connectivity index (χ3n) is 4.12. The number of aromatic nitrogens is 4. The number of sulfonamides is 1. The molecule has 158 valence electrons. The van der Waals surface area contributed by atoms with Gasteiger partial charge in [0.25, 0.3) is 15.9 Å². The zero-order valence-electron chi connectivity index (χ0n) is 15.7. The van der Waals surface area contributed by atoms with Crippen molar-refractivity contribution >= 4 is 43.9 Å². The highest BCUT2D eigenvalue weighted by molar-refractivity contribution is 7.92. The lowest BCUT2D eigenvalue weighted by Crippen LogP contribution is -2.15. The minimum Gasteiger partial charge on any atom is -0.478 e. The molecule has 0 unspecified atom stereocenters. The van der Waals surface area contributed by atoms with Gasteiger partial charge in [0.15, 0.2) is 5.52 Å². The normalized spacial score (nSPS) is 11.3. The second-order valence-electron chi connectivity index (χ2n) is 6.02. The number of fused-ring (bicyclic) bond motifs is 1. The van der Waals surface area contributed by atoms with Crippen molar-refractivity contribution < 1.29 is 22.7 Å². The summed E-state index contributed by atoms with van der Waals surface area (Å²) in [5.41, 5.74) is 0.835. The topological polar surface area (TPSA) is 175 Å². The van der Waals surface area contributed by atoms with Gasteiger partial charge in [0, 0.05) is 24.1 Å². The molecule has 0 aliphatic carbocycles. The monoisotopic (exact) mass is 443 g/mol. The van der Waals surface area contributed by atoms with Gasteiger partial charge in [-0.3, -0.25) is 14.8 Å². The lowest BCUT2D eigenvalue weighted by atomic mass is 10.2. The van der Waals surface area contributed by atoms with Gasteiger partial charge >= 0.3 is 5.69 Å². The zero-order chi connectivity index (χ0) is 22.0. The summed E-state index contributed by atoms with van der Waals surface area (Å²) in [5, 5.41) is 21.3. The molecule has 0 fully saturated rings. The lowest BCUT2D eigenvalue weighted by molar-refractivity contribution is -0.383. The van der Waals surface area contributed by atoms with E-state index < -0.39 is 14.9 Å². The van der Waals surface area contributed by atoms with Crippen molar-refractivity contribution in [3.05, 3.63) is 58.9 Å². The van der Waals surface area contributed by atoms with Crippen LogP contribution in [0.1, 0.15) is 0 Å². The number of nitrogens with zero attached hydrogens (tertiary/aromatic N) is 5. The first-order valence-corrected chi connectivity index (χ1v) is 10.0. The molecule has 4 rings (SSSR count). The van der Waals surface area contributed by atoms with Crippen LogP contribution in [0.25, 0.3) is 11.0 Å². The standard InChI is InChI=1S/C17H13N7O6S/c1-29-17-16(18-8-9-19-17)23-31(27,28)11-4-2-10(3-5-11)20-12-6-7-13(24(25)26)15-14(12)21-30-22-15/h2-9,20H,1H3,(H,18,23). The molecule has 2 heterocycles. The second kappa shape index (κ2) is 7.83. The molecule has 0 radical (unpaired) electrons. The largest absolute Gasteiger partial charge is 0.478 e. The predicted molar refractivity (Wildman–Crippen MR) is 108 cm³/mol. The maximum atomic E-state index is 12.6. The highest BCUT2D eigenvalue weighted by Gasteiger charge is 2.21. The van der Waals surface area contributed by atoms with E-state index in [-0.39, 0.29) is 33.3 Å². The van der Waals surface area contributed by atoms with Gasteiger partial charge < -0.3 is 10.1 Å². The summed E-state index contributed by atoms with van der Waals surface area (Å²) in [6, 6.07) is 8.50. The van der Waals surface area contributed by atoms with E-state index in [4.69, 9.17) is 4.74 Å². The van der Waals surface area contributed by atoms with Crippen molar-refractivity contribution in [1.29, 1.82) is 0 Å². The van der Waals surface area contributed by atoms with Gasteiger partial charge in [-0.15, -0.1) is 0 Å². The van der Waals surface area contributed by atoms with E-state index in [1.54, 1.807) is 0 Å². The van der Waals surface area contributed by atoms with Crippen molar-refractivity contribution in [3.8, 4) is 5.88 Å². The van der Waals surface area contributed by atoms with E-state index in [1.807, 2.05) is 0 Å². The van der Waals surface area contributed by atoms with E-state index in [2.05, 4.69) is 34.9 Å². The maximum absolute atomic E-state index is 12.6. The van der Waals surface area contributed by atoms with Crippen LogP contribution >= 0.6 is 0 Å². The third kappa shape index (κ3) is 3.91. The van der Waals surface area contributed by atoms with Gasteiger partial charge in [0.1, 0.15) is 0 Å². The van der Waals surface area contributed by atoms with Gasteiger partial charge in [-0.2, -0.15) is 0 Å². The molecular weight excluding hydrogens is 430 g/mol. The van der Waals surface area contributed by atoms with Crippen LogP contribution < -0.4 is 14.8 Å². The molecule has 0 aliphatic rings. The Kier molecular flexibility index (Phi) is 5.04. The van der Waals surface area contributed by atoms with Crippen molar-refractivity contribution in [1.82, 2.24) is 20.3 Å². The highest BCUT2D eigenvalue weighted by atomic mass is 32.2. The number of hydrogen-bond acceptors (Lipinski definition) is 11. The van der Waals surface area contributed by atoms with Gasteiger partial charge in [0.2, 0.25) is 11.3 Å². The number of anilines is 3. The Bertz CT molecular complexity index is 1370. The first-order chi connectivity index (χ1) is 14.9. The Morgan fingerprint density at radius 3 is 2.45 bits per heavy atom. The third-order valence-corrected chi connectivity index (χ3v) is 5.48. The van der Waals surface area contributed by atoms with Crippen LogP contribution in [0.5, 0.6) is 5.88 Å². The molecule has 0 spiro atoms. The number of benzene rings is 2. The summed E-state index contributed by atoms with van der Waals surface area (Å²) < 4.78 is 37.2. The highest BCUT2D eigenvalue weighted by Crippen LogP contribution is 2.31. The van der Waals surface area contributed by atoms with E-state index >= 15 is 0 Å². The SMILES string of the molecule is COc1nccnc1NS(=O)(=O)c1ccc(Nc2ccc([N+](=O)[O-])c3nonc23)cc1. The Morgan fingerprint density at radius 1 is 1.03 bits per heavy atom. The number of ether oxygens (including phenoxy) is 1. The molecule has 13 nitrogen and oxygen atoms in total. The molecule has 31 heavy (non-hydrogen) atoms. The number of non-ortho nitro benzene ring substituents is 1. The number of rotatable bonds is 7. The predicted octanol–water partition coefficient (Wildman–Crippen LogP) is 2.47. The maximum Gasteiger partial charge on any atom is 0.300 e. The quantitative estimate of drug-likeness (QED) is 0.317. The summed E-state index contributed by atoms with van der Waals surface area (Å²) in [7, 11) is -2.60. The van der Waals surface area contributed by atoms with Crippen molar-refractivity contribution in [3.63, 3.8) is 0 Å². The average Bonchev–Trinajstić information content (AvgIpc) is 3.24. The molecule has 2 aromatic carbocycles. The molecule has 0 aliphatic heterocycles. The second-order valence-corrected chi connectivity index (χ2v) is 7.70. The number of hydrogen-bond donors (Lipinski definition) is 2. The number of methoxy groups -OCH3 is 1. The molecule has 4 aromatic rings. The van der Waals surface area contributed by atoms with Gasteiger partial charge in [-0.1, -0.05) is 0 Å². The van der Waals surface area contributed by atoms with Crippen LogP contribution in [0.4, 0.5) is 22.9 Å². The smallest absolute Gasteiger partial charge is 0.300 e. The van der Waals surface area contributed by atoms with Crippen LogP contribution in [0.3, 0.4) is 0 Å². The van der Waals surface area contributed by atoms with Gasteiger partial charge in [-0.05, 0) is 40.6 Å². The fourth-order valence-electron chi connectivity index (χ4n) is 2.71. The molecule has 0 saturated heterocycles. The van der Waals surface area contributed by atoms with Crippen LogP contribution in [0, 0.1) is 10.1 Å². The van der Waals surface area contributed by atoms with Crippen molar-refractivity contribution in [2.45, 2.75) is 4.90 Å². The van der Waals surface area contributed by atoms with Gasteiger partial charge in [-0.25, -0.2) is 23.0 Å². The van der Waals surface area contributed by atoms with Crippen LogP contribution in [-0.4, -0.2) is 40.7 Å². The Labute approximate surface area is 174 Å². The van der Waals surface area contributed by atoms with Crippen LogP contribution in [-0.2, 0) is 10.0 Å². The number of nitrogens with one attached hydrogen (secondary N) is 2. The number of nitro groups is 1. The Morgan fingerprint density at radius 2 is 1.74 bits per heavy atom. The fraction of sp³-hybridized carbons (Fsp3) is 0.0588. The minimum atomic E-state index is -3.95. The molecule has 2 N–H and O–H groups in total. The summed E-state index contributed by atoms with van der Waals surface area (Å²) in [5.74, 6) is -0.00761. The molecule has 0 amide bonds. The van der Waals surface area contributed by atoms with Crippen LogP contribution in [0.2, 0.25) is 0 Å². The molecule has 0 bridgehead atoms. The minimum absolute atomic E-state index is 0.00341. The van der Waals surface area contributed by atoms with E-state index in [0.717, 1.165) is 0 Å². The van der Waals surface area contributed by atoms with E-state index in [0.29, 0.717) is 11.4 Å². The summed E-state index contributed by atoms with van der Waals surface area (Å²) >= 11 is 0. The van der Waals surface area contributed by atoms with Crippen LogP contribution in [0.15, 0.2) is 58.3 Å². The van der Waals surface area contributed by atoms with Gasteiger partial charge in [0.05, 0.1) is 22.6 Å². The molecule has 2 aromatic heterocycles. The summed E-state index contributed by atoms with van der Waals surface area (Å²) in [4.78, 5) is 18.3. The first kappa shape index (κ1) is 20.0. The fourth-order valence-corrected chi connectivity index (χ4v) is 3.71. The summed E-state index contributed by atoms with van der Waals surface area (Å²) in [6.45, 7) is 0. The molecule has 0 saturated carbocycles. The molecule has 0 atom stereocenters. The van der Waals surface area contributed by atoms with Crippen molar-refractivity contribution in [2.24, 2.45) is 0 Å². The summed E-state index contributed by atoms with van der Waals surface area (Å²) in [6.07, 6.45) is 2.70. The van der Waals surface area contributed by atoms with E-state index in [1.165, 1.54) is 55.9 Å². The zero-order valence-corrected chi connectivity index (χ0v) is 16.5. The Hall–Kier alpha value is -4.33. The number of nitro benzene ring substituents is 1. The lowest BCUT2D eigenvalue weighted by Gasteiger charge is -2.11. The van der Waals surface area contributed by atoms with E-state index in [9.17, 15) is 18.5 Å². The molecule has 14 heteroatoms. The first-order valence-electron chi connectivity index (χ1n) is 8.53. The van der Waals surface area contributed by atoms with Crippen molar-refractivity contribution in [2.75, 3.05) is 17.1 Å². The Balaban J connectivity index is 1.58. The molecular formula is C17H13N7O6S. The average molecular weight is 443 g/mol.